The lowest BCUT2D eigenvalue weighted by atomic mass is 10.0. The first-order valence-electron chi connectivity index (χ1n) is 8.84. The Balaban J connectivity index is 1.81. The van der Waals surface area contributed by atoms with Crippen molar-refractivity contribution in [2.45, 2.75) is 19.1 Å². The summed E-state index contributed by atoms with van der Waals surface area (Å²) in [5, 5.41) is 0. The van der Waals surface area contributed by atoms with Crippen molar-refractivity contribution in [1.82, 2.24) is 9.80 Å². The van der Waals surface area contributed by atoms with E-state index in [0.717, 1.165) is 11.1 Å². The molecule has 1 amide bonds. The zero-order valence-corrected chi connectivity index (χ0v) is 15.2. The fourth-order valence-electron chi connectivity index (χ4n) is 3.16. The summed E-state index contributed by atoms with van der Waals surface area (Å²) in [4.78, 5) is 28.8. The van der Waals surface area contributed by atoms with E-state index in [9.17, 15) is 9.59 Å². The molecule has 0 radical (unpaired) electrons. The molecule has 2 aromatic carbocycles. The number of amides is 1. The number of benzene rings is 2. The lowest BCUT2D eigenvalue weighted by Crippen LogP contribution is -2.51. The van der Waals surface area contributed by atoms with Crippen molar-refractivity contribution < 1.29 is 14.3 Å². The Morgan fingerprint density at radius 1 is 0.962 bits per heavy atom. The van der Waals surface area contributed by atoms with Gasteiger partial charge in [-0.1, -0.05) is 60.7 Å². The normalized spacial score (nSPS) is 17.6. The standard InChI is InChI=1S/C21H24N2O3/c1-16(17-9-5-3-6-10-17)26-21(25)20(18-11-7-4-8-12-18)23-14-13-22(2)19(24)15-23/h3-12,16,20H,13-15H2,1-2H3/t16-,20?/m0/s1. The molecule has 1 heterocycles. The van der Waals surface area contributed by atoms with Crippen LogP contribution in [0.5, 0.6) is 0 Å². The van der Waals surface area contributed by atoms with Gasteiger partial charge in [0.1, 0.15) is 12.1 Å². The predicted molar refractivity (Wildman–Crippen MR) is 99.3 cm³/mol. The van der Waals surface area contributed by atoms with Crippen molar-refractivity contribution in [3.05, 3.63) is 71.8 Å². The molecule has 0 aromatic heterocycles. The van der Waals surface area contributed by atoms with E-state index in [4.69, 9.17) is 4.74 Å². The molecule has 5 nitrogen and oxygen atoms in total. The summed E-state index contributed by atoms with van der Waals surface area (Å²) in [5.74, 6) is -0.314. The summed E-state index contributed by atoms with van der Waals surface area (Å²) < 4.78 is 5.76. The average Bonchev–Trinajstić information content (AvgIpc) is 2.66. The number of likely N-dealkylation sites (N-methyl/N-ethyl adjacent to an activating group) is 1. The minimum atomic E-state index is -0.583. The number of rotatable bonds is 5. The van der Waals surface area contributed by atoms with Gasteiger partial charge in [-0.15, -0.1) is 0 Å². The number of carbonyl (C=O) groups is 2. The fourth-order valence-corrected chi connectivity index (χ4v) is 3.16. The Kier molecular flexibility index (Phi) is 5.68. The molecule has 0 aliphatic carbocycles. The first kappa shape index (κ1) is 18.1. The Morgan fingerprint density at radius 2 is 1.54 bits per heavy atom. The van der Waals surface area contributed by atoms with Gasteiger partial charge in [0.2, 0.25) is 5.91 Å². The van der Waals surface area contributed by atoms with Crippen LogP contribution in [0.1, 0.15) is 30.2 Å². The number of hydrogen-bond donors (Lipinski definition) is 0. The highest BCUT2D eigenvalue weighted by Crippen LogP contribution is 2.27. The van der Waals surface area contributed by atoms with Crippen molar-refractivity contribution in [3.8, 4) is 0 Å². The van der Waals surface area contributed by atoms with Gasteiger partial charge in [-0.05, 0) is 18.1 Å². The summed E-state index contributed by atoms with van der Waals surface area (Å²) in [6.07, 6.45) is -0.349. The Labute approximate surface area is 154 Å². The van der Waals surface area contributed by atoms with Gasteiger partial charge in [-0.25, -0.2) is 4.79 Å². The van der Waals surface area contributed by atoms with E-state index in [1.807, 2.05) is 72.5 Å². The number of carbonyl (C=O) groups excluding carboxylic acids is 2. The average molecular weight is 352 g/mol. The summed E-state index contributed by atoms with van der Waals surface area (Å²) >= 11 is 0. The van der Waals surface area contributed by atoms with Crippen molar-refractivity contribution in [3.63, 3.8) is 0 Å². The monoisotopic (exact) mass is 352 g/mol. The highest BCUT2D eigenvalue weighted by atomic mass is 16.5. The van der Waals surface area contributed by atoms with E-state index < -0.39 is 6.04 Å². The van der Waals surface area contributed by atoms with Crippen molar-refractivity contribution >= 4 is 11.9 Å². The molecule has 1 aliphatic heterocycles. The van der Waals surface area contributed by atoms with Gasteiger partial charge in [0.25, 0.3) is 0 Å². The lowest BCUT2D eigenvalue weighted by Gasteiger charge is -2.36. The minimum Gasteiger partial charge on any atom is -0.456 e. The molecule has 0 saturated carbocycles. The molecule has 1 saturated heterocycles. The first-order chi connectivity index (χ1) is 12.6. The van der Waals surface area contributed by atoms with Crippen LogP contribution in [0.25, 0.3) is 0 Å². The third kappa shape index (κ3) is 4.11. The zero-order chi connectivity index (χ0) is 18.5. The molecule has 1 fully saturated rings. The second kappa shape index (κ2) is 8.15. The quantitative estimate of drug-likeness (QED) is 0.777. The molecule has 136 valence electrons. The molecular formula is C21H24N2O3. The van der Waals surface area contributed by atoms with E-state index in [1.165, 1.54) is 0 Å². The van der Waals surface area contributed by atoms with Gasteiger partial charge in [-0.2, -0.15) is 0 Å². The van der Waals surface area contributed by atoms with Crippen LogP contribution in [0.2, 0.25) is 0 Å². The summed E-state index contributed by atoms with van der Waals surface area (Å²) in [6, 6.07) is 18.6. The minimum absolute atomic E-state index is 0.0149. The van der Waals surface area contributed by atoms with Gasteiger partial charge in [0.15, 0.2) is 0 Å². The molecular weight excluding hydrogens is 328 g/mol. The molecule has 26 heavy (non-hydrogen) atoms. The second-order valence-corrected chi connectivity index (χ2v) is 6.59. The van der Waals surface area contributed by atoms with Crippen LogP contribution in [0.3, 0.4) is 0 Å². The van der Waals surface area contributed by atoms with Crippen LogP contribution in [-0.4, -0.2) is 48.4 Å². The Hall–Kier alpha value is -2.66. The van der Waals surface area contributed by atoms with Crippen LogP contribution in [0.15, 0.2) is 60.7 Å². The smallest absolute Gasteiger partial charge is 0.328 e. The molecule has 0 N–H and O–H groups in total. The number of piperazine rings is 1. The highest BCUT2D eigenvalue weighted by molar-refractivity contribution is 5.82. The molecule has 3 rings (SSSR count). The zero-order valence-electron chi connectivity index (χ0n) is 15.2. The van der Waals surface area contributed by atoms with Gasteiger partial charge in [-0.3, -0.25) is 9.69 Å². The topological polar surface area (TPSA) is 49.9 Å². The van der Waals surface area contributed by atoms with E-state index in [2.05, 4.69) is 0 Å². The van der Waals surface area contributed by atoms with E-state index >= 15 is 0 Å². The van der Waals surface area contributed by atoms with Crippen molar-refractivity contribution in [2.24, 2.45) is 0 Å². The fraction of sp³-hybridized carbons (Fsp3) is 0.333. The van der Waals surface area contributed by atoms with Gasteiger partial charge < -0.3 is 9.64 Å². The van der Waals surface area contributed by atoms with E-state index in [-0.39, 0.29) is 24.5 Å². The van der Waals surface area contributed by atoms with Gasteiger partial charge in [0, 0.05) is 20.1 Å². The van der Waals surface area contributed by atoms with E-state index in [1.54, 1.807) is 11.9 Å². The number of esters is 1. The molecule has 0 bridgehead atoms. The molecule has 2 aromatic rings. The largest absolute Gasteiger partial charge is 0.456 e. The lowest BCUT2D eigenvalue weighted by molar-refractivity contribution is -0.157. The summed E-state index contributed by atoms with van der Waals surface area (Å²) in [5.41, 5.74) is 1.79. The van der Waals surface area contributed by atoms with Crippen LogP contribution < -0.4 is 0 Å². The van der Waals surface area contributed by atoms with Crippen LogP contribution in [0.4, 0.5) is 0 Å². The van der Waals surface area contributed by atoms with Gasteiger partial charge >= 0.3 is 5.97 Å². The number of hydrogen-bond acceptors (Lipinski definition) is 4. The highest BCUT2D eigenvalue weighted by Gasteiger charge is 2.34. The SMILES string of the molecule is C[C@H](OC(=O)C(c1ccccc1)N1CCN(C)C(=O)C1)c1ccccc1. The Bertz CT molecular complexity index is 748. The Morgan fingerprint density at radius 3 is 2.12 bits per heavy atom. The first-order valence-corrected chi connectivity index (χ1v) is 8.84. The molecule has 0 spiro atoms. The third-order valence-electron chi connectivity index (χ3n) is 4.75. The molecule has 5 heteroatoms. The number of nitrogens with zero attached hydrogens (tertiary/aromatic N) is 2. The maximum atomic E-state index is 13.0. The summed E-state index contributed by atoms with van der Waals surface area (Å²) in [6.45, 7) is 3.32. The van der Waals surface area contributed by atoms with Crippen molar-refractivity contribution in [1.29, 1.82) is 0 Å². The summed E-state index contributed by atoms with van der Waals surface area (Å²) in [7, 11) is 1.78. The molecule has 1 aliphatic rings. The maximum Gasteiger partial charge on any atom is 0.328 e. The predicted octanol–water partition coefficient (Wildman–Crippen LogP) is 2.81. The molecule has 2 atom stereocenters. The van der Waals surface area contributed by atoms with Crippen molar-refractivity contribution in [2.75, 3.05) is 26.7 Å². The van der Waals surface area contributed by atoms with Crippen LogP contribution in [0, 0.1) is 0 Å². The molecule has 1 unspecified atom stereocenters. The third-order valence-corrected chi connectivity index (χ3v) is 4.75. The number of ether oxygens (including phenoxy) is 1. The van der Waals surface area contributed by atoms with E-state index in [0.29, 0.717) is 13.1 Å². The van der Waals surface area contributed by atoms with Gasteiger partial charge in [0.05, 0.1) is 6.54 Å². The maximum absolute atomic E-state index is 13.0. The van der Waals surface area contributed by atoms with Crippen LogP contribution in [-0.2, 0) is 14.3 Å². The van der Waals surface area contributed by atoms with Crippen LogP contribution >= 0.6 is 0 Å². The second-order valence-electron chi connectivity index (χ2n) is 6.59.